The van der Waals surface area contributed by atoms with Crippen molar-refractivity contribution >= 4 is 23.9 Å². The molecule has 0 aliphatic rings. The molecule has 8 nitrogen and oxygen atoms in total. The molecule has 0 aromatic heterocycles. The van der Waals surface area contributed by atoms with Gasteiger partial charge in [-0.1, -0.05) is 24.3 Å². The van der Waals surface area contributed by atoms with Gasteiger partial charge in [-0.15, -0.1) is 0 Å². The predicted molar refractivity (Wildman–Crippen MR) is 103 cm³/mol. The molecule has 2 N–H and O–H groups in total. The van der Waals surface area contributed by atoms with Crippen molar-refractivity contribution in [1.82, 2.24) is 0 Å². The van der Waals surface area contributed by atoms with E-state index in [-0.39, 0.29) is 33.8 Å². The van der Waals surface area contributed by atoms with E-state index in [4.69, 9.17) is 19.7 Å². The third-order valence-electron chi connectivity index (χ3n) is 3.94. The van der Waals surface area contributed by atoms with Crippen LogP contribution in [0.25, 0.3) is 0 Å². The van der Waals surface area contributed by atoms with Gasteiger partial charge in [0.1, 0.15) is 0 Å². The summed E-state index contributed by atoms with van der Waals surface area (Å²) in [6.07, 6.45) is 0. The monoisotopic (exact) mass is 406 g/mol. The number of ether oxygens (including phenoxy) is 2. The molecule has 0 saturated heterocycles. The fourth-order valence-corrected chi connectivity index (χ4v) is 2.49. The predicted octanol–water partition coefficient (Wildman–Crippen LogP) is 3.52. The van der Waals surface area contributed by atoms with E-state index in [1.54, 1.807) is 12.1 Å². The maximum absolute atomic E-state index is 12.4. The van der Waals surface area contributed by atoms with Crippen molar-refractivity contribution in [3.8, 4) is 11.5 Å². The third kappa shape index (κ3) is 4.68. The minimum Gasteiger partial charge on any atom is -0.478 e. The number of para-hydroxylation sites is 2. The van der Waals surface area contributed by atoms with E-state index >= 15 is 0 Å². The number of carboxylic acid groups (broad SMARTS) is 2. The summed E-state index contributed by atoms with van der Waals surface area (Å²) in [7, 11) is 0. The van der Waals surface area contributed by atoms with Crippen LogP contribution in [0.15, 0.2) is 72.8 Å². The van der Waals surface area contributed by atoms with Crippen LogP contribution in [0.1, 0.15) is 41.4 Å². The number of rotatable bonds is 6. The Kier molecular flexibility index (Phi) is 5.88. The second kappa shape index (κ2) is 8.70. The first kappa shape index (κ1) is 20.3. The van der Waals surface area contributed by atoms with E-state index in [1.807, 2.05) is 0 Å². The average Bonchev–Trinajstić information content (AvgIpc) is 2.75. The van der Waals surface area contributed by atoms with Gasteiger partial charge in [-0.3, -0.25) is 0 Å². The largest absolute Gasteiger partial charge is 0.478 e. The maximum Gasteiger partial charge on any atom is 0.343 e. The highest BCUT2D eigenvalue weighted by atomic mass is 16.6. The van der Waals surface area contributed by atoms with E-state index in [9.17, 15) is 19.2 Å². The first-order valence-corrected chi connectivity index (χ1v) is 8.55. The molecule has 3 rings (SSSR count). The number of carbonyl (C=O) groups is 4. The topological polar surface area (TPSA) is 127 Å². The van der Waals surface area contributed by atoms with Crippen LogP contribution in [0.3, 0.4) is 0 Å². The summed E-state index contributed by atoms with van der Waals surface area (Å²) in [5, 5.41) is 18.1. The van der Waals surface area contributed by atoms with Crippen LogP contribution in [0.4, 0.5) is 0 Å². The number of hydrogen-bond donors (Lipinski definition) is 2. The molecule has 3 aromatic rings. The van der Waals surface area contributed by atoms with Crippen LogP contribution >= 0.6 is 0 Å². The first-order chi connectivity index (χ1) is 14.3. The van der Waals surface area contributed by atoms with Gasteiger partial charge < -0.3 is 19.7 Å². The molecule has 0 unspecified atom stereocenters. The fourth-order valence-electron chi connectivity index (χ4n) is 2.49. The van der Waals surface area contributed by atoms with Crippen LogP contribution in [0, 0.1) is 0 Å². The summed E-state index contributed by atoms with van der Waals surface area (Å²) in [6.45, 7) is 0. The molecule has 0 saturated carbocycles. The van der Waals surface area contributed by atoms with Crippen LogP contribution in [-0.4, -0.2) is 34.1 Å². The Morgan fingerprint density at radius 1 is 0.533 bits per heavy atom. The summed E-state index contributed by atoms with van der Waals surface area (Å²) in [6, 6.07) is 16.5. The zero-order chi connectivity index (χ0) is 21.7. The first-order valence-electron chi connectivity index (χ1n) is 8.55. The van der Waals surface area contributed by atoms with E-state index in [2.05, 4.69) is 0 Å². The average molecular weight is 406 g/mol. The van der Waals surface area contributed by atoms with Gasteiger partial charge >= 0.3 is 23.9 Å². The van der Waals surface area contributed by atoms with Crippen molar-refractivity contribution in [3.63, 3.8) is 0 Å². The SMILES string of the molecule is O=C(O)c1cccc(C(=O)Oc2ccccc2OC(=O)c2cccc(C(=O)O)c2)c1. The van der Waals surface area contributed by atoms with Crippen LogP contribution < -0.4 is 9.47 Å². The van der Waals surface area contributed by atoms with Crippen molar-refractivity contribution < 1.29 is 38.9 Å². The Labute approximate surface area is 169 Å². The molecule has 0 radical (unpaired) electrons. The minimum atomic E-state index is -1.19. The number of esters is 2. The quantitative estimate of drug-likeness (QED) is 0.470. The zero-order valence-corrected chi connectivity index (χ0v) is 15.3. The second-order valence-corrected chi connectivity index (χ2v) is 6.00. The summed E-state index contributed by atoms with van der Waals surface area (Å²) >= 11 is 0. The van der Waals surface area contributed by atoms with Gasteiger partial charge in [0.25, 0.3) is 0 Å². The van der Waals surface area contributed by atoms with Gasteiger partial charge in [-0.05, 0) is 48.5 Å². The zero-order valence-electron chi connectivity index (χ0n) is 15.3. The van der Waals surface area contributed by atoms with Gasteiger partial charge in [0.2, 0.25) is 0 Å². The molecule has 0 spiro atoms. The summed E-state index contributed by atoms with van der Waals surface area (Å²) in [5.41, 5.74) is -0.152. The maximum atomic E-state index is 12.4. The van der Waals surface area contributed by atoms with Gasteiger partial charge in [-0.2, -0.15) is 0 Å². The second-order valence-electron chi connectivity index (χ2n) is 6.00. The molecular formula is C22H14O8. The highest BCUT2D eigenvalue weighted by molar-refractivity contribution is 5.97. The number of carboxylic acids is 2. The molecule has 0 atom stereocenters. The highest BCUT2D eigenvalue weighted by Crippen LogP contribution is 2.28. The van der Waals surface area contributed by atoms with Crippen LogP contribution in [-0.2, 0) is 0 Å². The lowest BCUT2D eigenvalue weighted by atomic mass is 10.1. The molecule has 0 heterocycles. The van der Waals surface area contributed by atoms with Crippen molar-refractivity contribution in [2.24, 2.45) is 0 Å². The fraction of sp³-hybridized carbons (Fsp3) is 0. The van der Waals surface area contributed by atoms with E-state index in [0.29, 0.717) is 0 Å². The molecule has 0 fully saturated rings. The van der Waals surface area contributed by atoms with Crippen molar-refractivity contribution in [2.45, 2.75) is 0 Å². The molecular weight excluding hydrogens is 392 g/mol. The number of benzene rings is 3. The van der Waals surface area contributed by atoms with Crippen molar-refractivity contribution in [3.05, 3.63) is 95.1 Å². The van der Waals surface area contributed by atoms with E-state index < -0.39 is 23.9 Å². The molecule has 150 valence electrons. The summed E-state index contributed by atoms with van der Waals surface area (Å²) in [5.74, 6) is -4.19. The Balaban J connectivity index is 1.81. The minimum absolute atomic E-state index is 0.00480. The van der Waals surface area contributed by atoms with E-state index in [0.717, 1.165) is 12.1 Å². The smallest absolute Gasteiger partial charge is 0.343 e. The highest BCUT2D eigenvalue weighted by Gasteiger charge is 2.17. The lowest BCUT2D eigenvalue weighted by molar-refractivity contribution is 0.0674. The lowest BCUT2D eigenvalue weighted by Gasteiger charge is -2.11. The van der Waals surface area contributed by atoms with Gasteiger partial charge in [-0.25, -0.2) is 19.2 Å². The Hall–Kier alpha value is -4.46. The molecule has 0 aliphatic carbocycles. The standard InChI is InChI=1S/C22H14O8/c23-19(24)13-5-3-7-15(11-13)21(27)29-17-9-1-2-10-18(17)30-22(28)16-8-4-6-14(12-16)20(25)26/h1-12H,(H,23,24)(H,25,26). The number of hydrogen-bond acceptors (Lipinski definition) is 6. The molecule has 0 bridgehead atoms. The normalized spacial score (nSPS) is 10.1. The Morgan fingerprint density at radius 3 is 1.27 bits per heavy atom. The molecule has 3 aromatic carbocycles. The summed E-state index contributed by atoms with van der Waals surface area (Å²) < 4.78 is 10.5. The Morgan fingerprint density at radius 2 is 0.900 bits per heavy atom. The molecule has 30 heavy (non-hydrogen) atoms. The van der Waals surface area contributed by atoms with Gasteiger partial charge in [0, 0.05) is 0 Å². The van der Waals surface area contributed by atoms with Crippen molar-refractivity contribution in [1.29, 1.82) is 0 Å². The van der Waals surface area contributed by atoms with Gasteiger partial charge in [0.05, 0.1) is 22.3 Å². The number of carbonyl (C=O) groups excluding carboxylic acids is 2. The molecule has 0 aliphatic heterocycles. The van der Waals surface area contributed by atoms with Crippen LogP contribution in [0.5, 0.6) is 11.5 Å². The number of aromatic carboxylic acids is 2. The molecule has 0 amide bonds. The summed E-state index contributed by atoms with van der Waals surface area (Å²) in [4.78, 5) is 46.9. The molecule has 8 heteroatoms. The lowest BCUT2D eigenvalue weighted by Crippen LogP contribution is -2.13. The van der Waals surface area contributed by atoms with Gasteiger partial charge in [0.15, 0.2) is 11.5 Å². The third-order valence-corrected chi connectivity index (χ3v) is 3.94. The van der Waals surface area contributed by atoms with Crippen LogP contribution in [0.2, 0.25) is 0 Å². The van der Waals surface area contributed by atoms with Crippen molar-refractivity contribution in [2.75, 3.05) is 0 Å². The van der Waals surface area contributed by atoms with E-state index in [1.165, 1.54) is 48.5 Å². The Bertz CT molecular complexity index is 1060.